The minimum atomic E-state index is -0.656. The zero-order valence-electron chi connectivity index (χ0n) is 9.75. The van der Waals surface area contributed by atoms with Crippen LogP contribution in [-0.2, 0) is 14.3 Å². The lowest BCUT2D eigenvalue weighted by Crippen LogP contribution is -2.58. The van der Waals surface area contributed by atoms with Crippen LogP contribution in [0.1, 0.15) is 13.8 Å². The summed E-state index contributed by atoms with van der Waals surface area (Å²) in [5.74, 6) is -0.283. The van der Waals surface area contributed by atoms with Crippen molar-refractivity contribution in [3.63, 3.8) is 0 Å². The van der Waals surface area contributed by atoms with Crippen molar-refractivity contribution in [2.75, 3.05) is 26.8 Å². The van der Waals surface area contributed by atoms with Crippen molar-refractivity contribution in [3.8, 4) is 0 Å². The number of carbonyl (C=O) groups is 2. The fourth-order valence-corrected chi connectivity index (χ4v) is 1.80. The van der Waals surface area contributed by atoms with Gasteiger partial charge in [0, 0.05) is 13.6 Å². The van der Waals surface area contributed by atoms with Crippen molar-refractivity contribution in [2.24, 2.45) is 0 Å². The molecule has 0 aliphatic carbocycles. The Morgan fingerprint density at radius 1 is 1.50 bits per heavy atom. The third kappa shape index (κ3) is 2.95. The van der Waals surface area contributed by atoms with Gasteiger partial charge in [-0.3, -0.25) is 9.59 Å². The number of alkyl halides is 1. The maximum atomic E-state index is 12.1. The van der Waals surface area contributed by atoms with Gasteiger partial charge in [-0.1, -0.05) is 15.9 Å². The number of morpholine rings is 1. The van der Waals surface area contributed by atoms with Crippen LogP contribution in [0.15, 0.2) is 0 Å². The van der Waals surface area contributed by atoms with Crippen molar-refractivity contribution in [1.29, 1.82) is 0 Å². The molecule has 5 nitrogen and oxygen atoms in total. The molecule has 0 aromatic rings. The van der Waals surface area contributed by atoms with Gasteiger partial charge < -0.3 is 15.0 Å². The number of hydrogen-bond acceptors (Lipinski definition) is 3. The summed E-state index contributed by atoms with van der Waals surface area (Å²) < 4.78 is 4.57. The molecule has 6 heteroatoms. The summed E-state index contributed by atoms with van der Waals surface area (Å²) in [6, 6.07) is -0.525. The second-order valence-corrected chi connectivity index (χ2v) is 6.16. The van der Waals surface area contributed by atoms with E-state index in [0.29, 0.717) is 13.2 Å². The molecule has 1 rings (SSSR count). The Morgan fingerprint density at radius 3 is 2.62 bits per heavy atom. The number of carbonyl (C=O) groups excluding carboxylic acids is 2. The van der Waals surface area contributed by atoms with E-state index in [0.717, 1.165) is 0 Å². The van der Waals surface area contributed by atoms with Gasteiger partial charge in [-0.25, -0.2) is 0 Å². The Labute approximate surface area is 104 Å². The number of halogens is 1. The van der Waals surface area contributed by atoms with Gasteiger partial charge in [0.1, 0.15) is 6.04 Å². The minimum Gasteiger partial charge on any atom is -0.377 e. The van der Waals surface area contributed by atoms with Gasteiger partial charge in [0.05, 0.1) is 17.5 Å². The molecule has 1 heterocycles. The summed E-state index contributed by atoms with van der Waals surface area (Å²) in [5.41, 5.74) is 0. The van der Waals surface area contributed by atoms with Gasteiger partial charge in [-0.2, -0.15) is 0 Å². The maximum Gasteiger partial charge on any atom is 0.244 e. The molecule has 1 aliphatic rings. The Hall–Kier alpha value is -0.620. The van der Waals surface area contributed by atoms with Crippen LogP contribution in [0.5, 0.6) is 0 Å². The van der Waals surface area contributed by atoms with E-state index in [2.05, 4.69) is 21.2 Å². The van der Waals surface area contributed by atoms with Crippen molar-refractivity contribution >= 4 is 27.7 Å². The Kier molecular flexibility index (Phi) is 4.32. The molecule has 1 atom stereocenters. The monoisotopic (exact) mass is 292 g/mol. The van der Waals surface area contributed by atoms with E-state index in [4.69, 9.17) is 4.74 Å². The van der Waals surface area contributed by atoms with Crippen molar-refractivity contribution in [3.05, 3.63) is 0 Å². The van der Waals surface area contributed by atoms with Crippen molar-refractivity contribution in [2.45, 2.75) is 24.2 Å². The first-order valence-electron chi connectivity index (χ1n) is 5.17. The lowest BCUT2D eigenvalue weighted by molar-refractivity contribution is -0.149. The molecule has 1 fully saturated rings. The lowest BCUT2D eigenvalue weighted by Gasteiger charge is -2.37. The normalized spacial score (nSPS) is 21.8. The molecule has 0 spiro atoms. The highest BCUT2D eigenvalue weighted by atomic mass is 79.9. The topological polar surface area (TPSA) is 58.6 Å². The Morgan fingerprint density at radius 2 is 2.12 bits per heavy atom. The molecule has 2 amide bonds. The van der Waals surface area contributed by atoms with Crippen LogP contribution in [0.25, 0.3) is 0 Å². The van der Waals surface area contributed by atoms with E-state index in [-0.39, 0.29) is 18.4 Å². The summed E-state index contributed by atoms with van der Waals surface area (Å²) in [6.45, 7) is 4.72. The van der Waals surface area contributed by atoms with Crippen LogP contribution in [0.3, 0.4) is 0 Å². The van der Waals surface area contributed by atoms with Gasteiger partial charge in [0.15, 0.2) is 0 Å². The van der Waals surface area contributed by atoms with Gasteiger partial charge in [0.25, 0.3) is 0 Å². The second-order valence-electron chi connectivity index (χ2n) is 4.18. The van der Waals surface area contributed by atoms with E-state index >= 15 is 0 Å². The Balaban J connectivity index is 2.82. The molecule has 1 aliphatic heterocycles. The number of hydrogen-bond donors (Lipinski definition) is 1. The summed E-state index contributed by atoms with van der Waals surface area (Å²) >= 11 is 3.31. The van der Waals surface area contributed by atoms with E-state index in [1.807, 2.05) is 0 Å². The first-order valence-corrected chi connectivity index (χ1v) is 5.96. The highest BCUT2D eigenvalue weighted by Gasteiger charge is 2.38. The number of ether oxygens (including phenoxy) is 1. The van der Waals surface area contributed by atoms with Crippen molar-refractivity contribution in [1.82, 2.24) is 10.2 Å². The first-order chi connectivity index (χ1) is 7.38. The quantitative estimate of drug-likeness (QED) is 0.736. The van der Waals surface area contributed by atoms with E-state index in [1.54, 1.807) is 25.8 Å². The molecule has 92 valence electrons. The highest BCUT2D eigenvalue weighted by molar-refractivity contribution is 9.10. The Bertz CT molecular complexity index is 288. The number of rotatable bonds is 2. The van der Waals surface area contributed by atoms with Crippen LogP contribution in [0, 0.1) is 0 Å². The predicted molar refractivity (Wildman–Crippen MR) is 63.4 cm³/mol. The first kappa shape index (κ1) is 13.4. The third-order valence-electron chi connectivity index (χ3n) is 2.45. The van der Waals surface area contributed by atoms with Crippen molar-refractivity contribution < 1.29 is 14.3 Å². The number of amides is 2. The van der Waals surface area contributed by atoms with Gasteiger partial charge >= 0.3 is 0 Å². The molecule has 1 unspecified atom stereocenters. The van der Waals surface area contributed by atoms with Crippen LogP contribution in [0.2, 0.25) is 0 Å². The largest absolute Gasteiger partial charge is 0.377 e. The zero-order valence-corrected chi connectivity index (χ0v) is 11.3. The predicted octanol–water partition coefficient (Wildman–Crippen LogP) is 0.133. The van der Waals surface area contributed by atoms with Crippen LogP contribution in [-0.4, -0.2) is 53.9 Å². The molecule has 0 aromatic heterocycles. The summed E-state index contributed by atoms with van der Waals surface area (Å²) in [6.07, 6.45) is 0. The van der Waals surface area contributed by atoms with Gasteiger partial charge in [0.2, 0.25) is 11.8 Å². The molecular formula is C10H17BrN2O3. The molecular weight excluding hydrogens is 276 g/mol. The van der Waals surface area contributed by atoms with E-state index < -0.39 is 10.4 Å². The molecule has 16 heavy (non-hydrogen) atoms. The third-order valence-corrected chi connectivity index (χ3v) is 2.79. The van der Waals surface area contributed by atoms with Crippen LogP contribution in [0.4, 0.5) is 0 Å². The fourth-order valence-electron chi connectivity index (χ4n) is 1.57. The molecule has 1 saturated heterocycles. The lowest BCUT2D eigenvalue weighted by atomic mass is 10.1. The molecule has 1 N–H and O–H groups in total. The smallest absolute Gasteiger partial charge is 0.244 e. The summed E-state index contributed by atoms with van der Waals surface area (Å²) in [5, 5.41) is 2.54. The van der Waals surface area contributed by atoms with Crippen LogP contribution >= 0.6 is 15.9 Å². The fraction of sp³-hybridized carbons (Fsp3) is 0.800. The average molecular weight is 293 g/mol. The van der Waals surface area contributed by atoms with Gasteiger partial charge in [-0.15, -0.1) is 0 Å². The molecule has 0 aromatic carbocycles. The maximum absolute atomic E-state index is 12.1. The minimum absolute atomic E-state index is 0.0931. The zero-order chi connectivity index (χ0) is 12.3. The highest BCUT2D eigenvalue weighted by Crippen LogP contribution is 2.22. The van der Waals surface area contributed by atoms with E-state index in [9.17, 15) is 9.59 Å². The number of nitrogens with one attached hydrogen (secondary N) is 1. The molecule has 0 radical (unpaired) electrons. The second kappa shape index (κ2) is 5.14. The summed E-state index contributed by atoms with van der Waals surface area (Å²) in [4.78, 5) is 25.3. The van der Waals surface area contributed by atoms with Crippen LogP contribution < -0.4 is 5.32 Å². The molecule has 0 saturated carbocycles. The molecule has 0 bridgehead atoms. The average Bonchev–Trinajstić information content (AvgIpc) is 2.25. The SMILES string of the molecule is CNC(=O)C1COCCN1C(=O)C(C)(C)Br. The standard InChI is InChI=1S/C10H17BrN2O3/c1-10(2,11)9(15)13-4-5-16-6-7(13)8(14)12-3/h7H,4-6H2,1-3H3,(H,12,14). The summed E-state index contributed by atoms with van der Waals surface area (Å²) in [7, 11) is 1.55. The van der Waals surface area contributed by atoms with E-state index in [1.165, 1.54) is 0 Å². The number of likely N-dealkylation sites (N-methyl/N-ethyl adjacent to an activating group) is 1. The van der Waals surface area contributed by atoms with Gasteiger partial charge in [-0.05, 0) is 13.8 Å². The number of nitrogens with zero attached hydrogens (tertiary/aromatic N) is 1.